The third-order valence-corrected chi connectivity index (χ3v) is 4.37. The number of carbonyl (C=O) groups excluding carboxylic acids is 1. The minimum Gasteiger partial charge on any atom is -0.338 e. The average Bonchev–Trinajstić information content (AvgIpc) is 2.93. The number of aryl methyl sites for hydroxylation is 1. The number of nitrogens with one attached hydrogen (secondary N) is 1. The largest absolute Gasteiger partial charge is 0.338 e. The zero-order valence-electron chi connectivity index (χ0n) is 10.9. The Morgan fingerprint density at radius 1 is 1.39 bits per heavy atom. The van der Waals surface area contributed by atoms with E-state index in [4.69, 9.17) is 0 Å². The molecule has 2 fully saturated rings. The van der Waals surface area contributed by atoms with Crippen molar-refractivity contribution in [3.63, 3.8) is 0 Å². The van der Waals surface area contributed by atoms with Crippen molar-refractivity contribution in [3.8, 4) is 0 Å². The maximum atomic E-state index is 12.4. The first-order valence-electron chi connectivity index (χ1n) is 6.80. The lowest BCUT2D eigenvalue weighted by molar-refractivity contribution is -0.131. The van der Waals surface area contributed by atoms with Crippen LogP contribution in [-0.2, 0) is 11.2 Å². The van der Waals surface area contributed by atoms with Crippen molar-refractivity contribution in [1.82, 2.24) is 10.2 Å². The number of hydrogen-bond donors (Lipinski definition) is 1. The lowest BCUT2D eigenvalue weighted by Crippen LogP contribution is -2.40. The second-order valence-electron chi connectivity index (χ2n) is 5.46. The Balaban J connectivity index is 1.70. The highest BCUT2D eigenvalue weighted by atomic mass is 16.2. The number of amides is 1. The SMILES string of the molecule is Cc1ccccc1CC(=O)N1CC[C@H]2CNC[C@H]21. The molecule has 0 aromatic heterocycles. The lowest BCUT2D eigenvalue weighted by Gasteiger charge is -2.23. The predicted molar refractivity (Wildman–Crippen MR) is 71.4 cm³/mol. The Morgan fingerprint density at radius 2 is 2.22 bits per heavy atom. The molecule has 2 atom stereocenters. The van der Waals surface area contributed by atoms with Gasteiger partial charge in [0.2, 0.25) is 5.91 Å². The van der Waals surface area contributed by atoms with Crippen molar-refractivity contribution in [3.05, 3.63) is 35.4 Å². The van der Waals surface area contributed by atoms with Crippen molar-refractivity contribution in [2.75, 3.05) is 19.6 Å². The Bertz CT molecular complexity index is 458. The molecule has 0 saturated carbocycles. The Morgan fingerprint density at radius 3 is 3.06 bits per heavy atom. The second-order valence-corrected chi connectivity index (χ2v) is 5.46. The van der Waals surface area contributed by atoms with Crippen LogP contribution in [0.3, 0.4) is 0 Å². The number of hydrogen-bond acceptors (Lipinski definition) is 2. The van der Waals surface area contributed by atoms with E-state index in [1.807, 2.05) is 12.1 Å². The second kappa shape index (κ2) is 4.73. The highest BCUT2D eigenvalue weighted by Gasteiger charge is 2.39. The van der Waals surface area contributed by atoms with E-state index in [0.29, 0.717) is 24.3 Å². The van der Waals surface area contributed by atoms with E-state index < -0.39 is 0 Å². The molecule has 1 amide bonds. The molecule has 1 N–H and O–H groups in total. The molecule has 0 unspecified atom stereocenters. The van der Waals surface area contributed by atoms with E-state index >= 15 is 0 Å². The van der Waals surface area contributed by atoms with Crippen LogP contribution in [0.2, 0.25) is 0 Å². The summed E-state index contributed by atoms with van der Waals surface area (Å²) in [5, 5.41) is 3.39. The molecule has 2 heterocycles. The molecular weight excluding hydrogens is 224 g/mol. The van der Waals surface area contributed by atoms with Gasteiger partial charge in [0, 0.05) is 25.7 Å². The highest BCUT2D eigenvalue weighted by Crippen LogP contribution is 2.27. The fraction of sp³-hybridized carbons (Fsp3) is 0.533. The first-order valence-corrected chi connectivity index (χ1v) is 6.80. The molecule has 2 aliphatic heterocycles. The predicted octanol–water partition coefficient (Wildman–Crippen LogP) is 1.36. The van der Waals surface area contributed by atoms with E-state index in [9.17, 15) is 4.79 Å². The van der Waals surface area contributed by atoms with Gasteiger partial charge in [0.05, 0.1) is 6.42 Å². The molecule has 0 radical (unpaired) electrons. The standard InChI is InChI=1S/C15H20N2O/c1-11-4-2-3-5-12(11)8-15(18)17-7-6-13-9-16-10-14(13)17/h2-5,13-14,16H,6-10H2,1H3/t13-,14+/m0/s1. The first kappa shape index (κ1) is 11.7. The number of fused-ring (bicyclic) bond motifs is 1. The van der Waals surface area contributed by atoms with Gasteiger partial charge in [-0.2, -0.15) is 0 Å². The molecule has 1 aromatic rings. The minimum atomic E-state index is 0.292. The van der Waals surface area contributed by atoms with E-state index in [-0.39, 0.29) is 0 Å². The molecule has 0 spiro atoms. The summed E-state index contributed by atoms with van der Waals surface area (Å²) in [5.41, 5.74) is 2.38. The number of benzene rings is 1. The van der Waals surface area contributed by atoms with E-state index in [1.54, 1.807) is 0 Å². The molecule has 0 bridgehead atoms. The molecule has 2 saturated heterocycles. The van der Waals surface area contributed by atoms with Gasteiger partial charge >= 0.3 is 0 Å². The summed E-state index contributed by atoms with van der Waals surface area (Å²) < 4.78 is 0. The summed E-state index contributed by atoms with van der Waals surface area (Å²) in [6.45, 7) is 5.08. The topological polar surface area (TPSA) is 32.3 Å². The monoisotopic (exact) mass is 244 g/mol. The van der Waals surface area contributed by atoms with Crippen LogP contribution in [0.15, 0.2) is 24.3 Å². The van der Waals surface area contributed by atoms with Gasteiger partial charge in [-0.05, 0) is 30.4 Å². The van der Waals surface area contributed by atoms with Gasteiger partial charge in [-0.1, -0.05) is 24.3 Å². The fourth-order valence-electron chi connectivity index (χ4n) is 3.23. The van der Waals surface area contributed by atoms with Crippen LogP contribution in [0.5, 0.6) is 0 Å². The van der Waals surface area contributed by atoms with Gasteiger partial charge in [-0.15, -0.1) is 0 Å². The third kappa shape index (κ3) is 2.03. The van der Waals surface area contributed by atoms with E-state index in [0.717, 1.165) is 31.6 Å². The Kier molecular flexibility index (Phi) is 3.08. The van der Waals surface area contributed by atoms with E-state index in [2.05, 4.69) is 29.3 Å². The molecule has 3 nitrogen and oxygen atoms in total. The van der Waals surface area contributed by atoms with Crippen LogP contribution in [0, 0.1) is 12.8 Å². The molecule has 3 heteroatoms. The summed E-state index contributed by atoms with van der Waals surface area (Å²) in [4.78, 5) is 14.5. The van der Waals surface area contributed by atoms with Crippen molar-refractivity contribution in [1.29, 1.82) is 0 Å². The molecule has 3 rings (SSSR count). The summed E-state index contributed by atoms with van der Waals surface area (Å²) in [6, 6.07) is 8.62. The maximum absolute atomic E-state index is 12.4. The lowest BCUT2D eigenvalue weighted by atomic mass is 10.0. The number of nitrogens with zero attached hydrogens (tertiary/aromatic N) is 1. The maximum Gasteiger partial charge on any atom is 0.227 e. The summed E-state index contributed by atoms with van der Waals surface area (Å²) in [6.07, 6.45) is 1.72. The van der Waals surface area contributed by atoms with Crippen LogP contribution >= 0.6 is 0 Å². The van der Waals surface area contributed by atoms with Gasteiger partial charge in [-0.25, -0.2) is 0 Å². The zero-order chi connectivity index (χ0) is 12.5. The normalized spacial score (nSPS) is 26.4. The molecule has 1 aromatic carbocycles. The molecular formula is C15H20N2O. The smallest absolute Gasteiger partial charge is 0.227 e. The van der Waals surface area contributed by atoms with Crippen LogP contribution in [0.25, 0.3) is 0 Å². The van der Waals surface area contributed by atoms with Crippen LogP contribution in [0.4, 0.5) is 0 Å². The quantitative estimate of drug-likeness (QED) is 0.852. The molecule has 96 valence electrons. The number of carbonyl (C=O) groups is 1. The summed E-state index contributed by atoms with van der Waals surface area (Å²) in [5.74, 6) is 0.978. The van der Waals surface area contributed by atoms with Crippen molar-refractivity contribution in [2.45, 2.75) is 25.8 Å². The van der Waals surface area contributed by atoms with Crippen LogP contribution < -0.4 is 5.32 Å². The minimum absolute atomic E-state index is 0.292. The van der Waals surface area contributed by atoms with Gasteiger partial charge in [0.1, 0.15) is 0 Å². The zero-order valence-corrected chi connectivity index (χ0v) is 10.9. The Labute approximate surface area is 108 Å². The van der Waals surface area contributed by atoms with Gasteiger partial charge < -0.3 is 10.2 Å². The Hall–Kier alpha value is -1.35. The number of likely N-dealkylation sites (tertiary alicyclic amines) is 1. The highest BCUT2D eigenvalue weighted by molar-refractivity contribution is 5.79. The van der Waals surface area contributed by atoms with Crippen LogP contribution in [0.1, 0.15) is 17.5 Å². The van der Waals surface area contributed by atoms with Crippen molar-refractivity contribution in [2.24, 2.45) is 5.92 Å². The molecule has 2 aliphatic rings. The third-order valence-electron chi connectivity index (χ3n) is 4.37. The molecule has 0 aliphatic carbocycles. The molecule has 18 heavy (non-hydrogen) atoms. The van der Waals surface area contributed by atoms with Crippen molar-refractivity contribution < 1.29 is 4.79 Å². The first-order chi connectivity index (χ1) is 8.75. The van der Waals surface area contributed by atoms with Gasteiger partial charge in [-0.3, -0.25) is 4.79 Å². The fourth-order valence-corrected chi connectivity index (χ4v) is 3.23. The van der Waals surface area contributed by atoms with E-state index in [1.165, 1.54) is 5.56 Å². The van der Waals surface area contributed by atoms with Gasteiger partial charge in [0.25, 0.3) is 0 Å². The van der Waals surface area contributed by atoms with Crippen LogP contribution in [-0.4, -0.2) is 36.5 Å². The summed E-state index contributed by atoms with van der Waals surface area (Å²) in [7, 11) is 0. The summed E-state index contributed by atoms with van der Waals surface area (Å²) >= 11 is 0. The van der Waals surface area contributed by atoms with Gasteiger partial charge in [0.15, 0.2) is 0 Å². The average molecular weight is 244 g/mol. The number of rotatable bonds is 2. The van der Waals surface area contributed by atoms with Crippen molar-refractivity contribution >= 4 is 5.91 Å².